The molecule has 0 spiro atoms. The van der Waals surface area contributed by atoms with E-state index in [1.165, 1.54) is 32.1 Å². The molecule has 0 amide bonds. The maximum atomic E-state index is 13.5. The Hall–Kier alpha value is -0.890. The minimum Gasteiger partial charge on any atom is -0.299 e. The van der Waals surface area contributed by atoms with Crippen LogP contribution in [0.25, 0.3) is 0 Å². The molecule has 1 aromatic rings. The maximum Gasteiger partial charge on any atom is 0.127 e. The van der Waals surface area contributed by atoms with E-state index in [2.05, 4.69) is 11.9 Å². The van der Waals surface area contributed by atoms with E-state index in [1.807, 2.05) is 12.1 Å². The third kappa shape index (κ3) is 2.82. The molecule has 1 aromatic carbocycles. The van der Waals surface area contributed by atoms with Crippen LogP contribution in [0.2, 0.25) is 0 Å². The highest BCUT2D eigenvalue weighted by Crippen LogP contribution is 2.23. The van der Waals surface area contributed by atoms with Gasteiger partial charge in [-0.2, -0.15) is 0 Å². The molecule has 1 aliphatic rings. The highest BCUT2D eigenvalue weighted by molar-refractivity contribution is 5.17. The minimum absolute atomic E-state index is 0.0786. The van der Waals surface area contributed by atoms with Crippen molar-refractivity contribution >= 4 is 0 Å². The van der Waals surface area contributed by atoms with E-state index in [0.717, 1.165) is 12.1 Å². The first-order chi connectivity index (χ1) is 7.77. The molecule has 2 heteroatoms. The summed E-state index contributed by atoms with van der Waals surface area (Å²) in [7, 11) is 2.11. The van der Waals surface area contributed by atoms with Gasteiger partial charge < -0.3 is 0 Å². The molecule has 16 heavy (non-hydrogen) atoms. The van der Waals surface area contributed by atoms with Gasteiger partial charge in [-0.15, -0.1) is 0 Å². The number of nitrogens with zero attached hydrogens (tertiary/aromatic N) is 1. The Morgan fingerprint density at radius 1 is 1.19 bits per heavy atom. The summed E-state index contributed by atoms with van der Waals surface area (Å²) in [5.41, 5.74) is 0.815. The van der Waals surface area contributed by atoms with Crippen LogP contribution in [-0.4, -0.2) is 18.0 Å². The lowest BCUT2D eigenvalue weighted by molar-refractivity contribution is 0.182. The normalized spacial score (nSPS) is 17.9. The molecule has 0 radical (unpaired) electrons. The monoisotopic (exact) mass is 221 g/mol. The molecule has 0 saturated heterocycles. The number of hydrogen-bond acceptors (Lipinski definition) is 1. The maximum absolute atomic E-state index is 13.5. The molecule has 0 aliphatic heterocycles. The first-order valence-electron chi connectivity index (χ1n) is 6.21. The highest BCUT2D eigenvalue weighted by atomic mass is 19.1. The second kappa shape index (κ2) is 5.44. The minimum atomic E-state index is -0.0786. The SMILES string of the molecule is CN(Cc1ccccc1F)C1CCCCC1. The fourth-order valence-corrected chi connectivity index (χ4v) is 2.55. The fraction of sp³-hybridized carbons (Fsp3) is 0.571. The van der Waals surface area contributed by atoms with Crippen LogP contribution >= 0.6 is 0 Å². The van der Waals surface area contributed by atoms with E-state index < -0.39 is 0 Å². The molecule has 0 bridgehead atoms. The molecule has 0 N–H and O–H groups in total. The van der Waals surface area contributed by atoms with Crippen molar-refractivity contribution in [2.24, 2.45) is 0 Å². The Morgan fingerprint density at radius 3 is 2.56 bits per heavy atom. The molecular weight excluding hydrogens is 201 g/mol. The summed E-state index contributed by atoms with van der Waals surface area (Å²) in [5, 5.41) is 0. The van der Waals surface area contributed by atoms with E-state index in [0.29, 0.717) is 6.04 Å². The summed E-state index contributed by atoms with van der Waals surface area (Å²) in [5.74, 6) is -0.0786. The molecular formula is C14H20FN. The molecule has 88 valence electrons. The summed E-state index contributed by atoms with van der Waals surface area (Å²) in [6.07, 6.45) is 6.55. The van der Waals surface area contributed by atoms with E-state index in [-0.39, 0.29) is 5.82 Å². The van der Waals surface area contributed by atoms with Gasteiger partial charge in [0.15, 0.2) is 0 Å². The first-order valence-corrected chi connectivity index (χ1v) is 6.21. The summed E-state index contributed by atoms with van der Waals surface area (Å²) in [6, 6.07) is 7.74. The van der Waals surface area contributed by atoms with E-state index in [1.54, 1.807) is 12.1 Å². The zero-order chi connectivity index (χ0) is 11.4. The van der Waals surface area contributed by atoms with Gasteiger partial charge in [0.25, 0.3) is 0 Å². The van der Waals surface area contributed by atoms with Gasteiger partial charge in [0.2, 0.25) is 0 Å². The van der Waals surface area contributed by atoms with Crippen LogP contribution in [0, 0.1) is 5.82 Å². The van der Waals surface area contributed by atoms with Crippen LogP contribution in [0.3, 0.4) is 0 Å². The first kappa shape index (κ1) is 11.6. The molecule has 2 rings (SSSR count). The summed E-state index contributed by atoms with van der Waals surface area (Å²) >= 11 is 0. The van der Waals surface area contributed by atoms with Crippen molar-refractivity contribution in [3.63, 3.8) is 0 Å². The summed E-state index contributed by atoms with van der Waals surface area (Å²) < 4.78 is 13.5. The highest BCUT2D eigenvalue weighted by Gasteiger charge is 2.18. The molecule has 1 fully saturated rings. The predicted molar refractivity (Wildman–Crippen MR) is 64.7 cm³/mol. The Kier molecular flexibility index (Phi) is 3.94. The zero-order valence-corrected chi connectivity index (χ0v) is 9.95. The third-order valence-corrected chi connectivity index (χ3v) is 3.58. The van der Waals surface area contributed by atoms with Crippen LogP contribution in [0.4, 0.5) is 4.39 Å². The predicted octanol–water partition coefficient (Wildman–Crippen LogP) is 3.59. The third-order valence-electron chi connectivity index (χ3n) is 3.58. The molecule has 1 aliphatic carbocycles. The average molecular weight is 221 g/mol. The van der Waals surface area contributed by atoms with Gasteiger partial charge in [0.05, 0.1) is 0 Å². The standard InChI is InChI=1S/C14H20FN/c1-16(13-8-3-2-4-9-13)11-12-7-5-6-10-14(12)15/h5-7,10,13H,2-4,8-9,11H2,1H3. The molecule has 0 unspecified atom stereocenters. The Labute approximate surface area is 97.3 Å². The lowest BCUT2D eigenvalue weighted by atomic mass is 9.94. The van der Waals surface area contributed by atoms with Crippen molar-refractivity contribution < 1.29 is 4.39 Å². The van der Waals surface area contributed by atoms with Gasteiger partial charge in [0.1, 0.15) is 5.82 Å². The van der Waals surface area contributed by atoms with Gasteiger partial charge in [-0.3, -0.25) is 4.90 Å². The van der Waals surface area contributed by atoms with Gasteiger partial charge in [-0.1, -0.05) is 37.5 Å². The van der Waals surface area contributed by atoms with Gasteiger partial charge in [-0.25, -0.2) is 4.39 Å². The van der Waals surface area contributed by atoms with Crippen LogP contribution in [0.15, 0.2) is 24.3 Å². The summed E-state index contributed by atoms with van der Waals surface area (Å²) in [6.45, 7) is 0.733. The average Bonchev–Trinajstić information content (AvgIpc) is 2.33. The number of benzene rings is 1. The van der Waals surface area contributed by atoms with E-state index >= 15 is 0 Å². The Bertz CT molecular complexity index is 331. The van der Waals surface area contributed by atoms with Crippen LogP contribution in [-0.2, 0) is 6.54 Å². The lowest BCUT2D eigenvalue weighted by Crippen LogP contribution is -2.33. The van der Waals surface area contributed by atoms with Gasteiger partial charge in [-0.05, 0) is 26.0 Å². The Balaban J connectivity index is 1.96. The molecule has 1 saturated carbocycles. The van der Waals surface area contributed by atoms with Crippen molar-refractivity contribution in [1.82, 2.24) is 4.90 Å². The largest absolute Gasteiger partial charge is 0.299 e. The molecule has 1 nitrogen and oxygen atoms in total. The van der Waals surface area contributed by atoms with Crippen LogP contribution < -0.4 is 0 Å². The van der Waals surface area contributed by atoms with Crippen molar-refractivity contribution in [2.45, 2.75) is 44.7 Å². The fourth-order valence-electron chi connectivity index (χ4n) is 2.55. The number of rotatable bonds is 3. The van der Waals surface area contributed by atoms with Crippen LogP contribution in [0.5, 0.6) is 0 Å². The van der Waals surface area contributed by atoms with E-state index in [9.17, 15) is 4.39 Å². The van der Waals surface area contributed by atoms with Crippen LogP contribution in [0.1, 0.15) is 37.7 Å². The lowest BCUT2D eigenvalue weighted by Gasteiger charge is -2.31. The number of halogens is 1. The second-order valence-corrected chi connectivity index (χ2v) is 4.80. The van der Waals surface area contributed by atoms with Crippen molar-refractivity contribution in [1.29, 1.82) is 0 Å². The topological polar surface area (TPSA) is 3.24 Å². The second-order valence-electron chi connectivity index (χ2n) is 4.80. The quantitative estimate of drug-likeness (QED) is 0.754. The number of hydrogen-bond donors (Lipinski definition) is 0. The molecule has 0 aromatic heterocycles. The Morgan fingerprint density at radius 2 is 1.88 bits per heavy atom. The molecule has 0 heterocycles. The van der Waals surface area contributed by atoms with Gasteiger partial charge >= 0.3 is 0 Å². The zero-order valence-electron chi connectivity index (χ0n) is 9.95. The van der Waals surface area contributed by atoms with Crippen molar-refractivity contribution in [3.05, 3.63) is 35.6 Å². The van der Waals surface area contributed by atoms with Gasteiger partial charge in [0, 0.05) is 18.2 Å². The summed E-state index contributed by atoms with van der Waals surface area (Å²) in [4.78, 5) is 2.30. The molecule has 0 atom stereocenters. The van der Waals surface area contributed by atoms with E-state index in [4.69, 9.17) is 0 Å². The van der Waals surface area contributed by atoms with Crippen molar-refractivity contribution in [3.8, 4) is 0 Å². The van der Waals surface area contributed by atoms with Crippen molar-refractivity contribution in [2.75, 3.05) is 7.05 Å². The smallest absolute Gasteiger partial charge is 0.127 e.